The lowest BCUT2D eigenvalue weighted by atomic mass is 10.1. The molecular formula is C16H21N4O3+. The van der Waals surface area contributed by atoms with Crippen LogP contribution in [0, 0.1) is 0 Å². The maximum Gasteiger partial charge on any atom is 0.344 e. The van der Waals surface area contributed by atoms with Gasteiger partial charge in [-0.05, 0) is 26.3 Å². The molecule has 122 valence electrons. The van der Waals surface area contributed by atoms with E-state index in [4.69, 9.17) is 4.74 Å². The van der Waals surface area contributed by atoms with Gasteiger partial charge >= 0.3 is 5.97 Å². The van der Waals surface area contributed by atoms with Crippen LogP contribution in [0.5, 0.6) is 0 Å². The number of benzene rings is 1. The summed E-state index contributed by atoms with van der Waals surface area (Å²) < 4.78 is 8.03. The topological polar surface area (TPSA) is 77.1 Å². The zero-order chi connectivity index (χ0) is 16.9. The Morgan fingerprint density at radius 3 is 2.61 bits per heavy atom. The Hall–Kier alpha value is -2.70. The van der Waals surface area contributed by atoms with E-state index in [9.17, 15) is 9.59 Å². The van der Waals surface area contributed by atoms with E-state index in [0.717, 1.165) is 5.56 Å². The molecule has 0 bridgehead atoms. The summed E-state index contributed by atoms with van der Waals surface area (Å²) in [6.07, 6.45) is 3.21. The van der Waals surface area contributed by atoms with Crippen molar-refractivity contribution in [1.82, 2.24) is 9.78 Å². The minimum Gasteiger partial charge on any atom is -0.458 e. The smallest absolute Gasteiger partial charge is 0.344 e. The van der Waals surface area contributed by atoms with Gasteiger partial charge in [0, 0.05) is 5.10 Å². The van der Waals surface area contributed by atoms with Crippen molar-refractivity contribution in [3.63, 3.8) is 0 Å². The van der Waals surface area contributed by atoms with E-state index >= 15 is 0 Å². The van der Waals surface area contributed by atoms with Crippen LogP contribution >= 0.6 is 0 Å². The van der Waals surface area contributed by atoms with E-state index in [0.29, 0.717) is 0 Å². The fraction of sp³-hybridized carbons (Fsp3) is 0.375. The highest BCUT2D eigenvalue weighted by Crippen LogP contribution is 2.07. The maximum atomic E-state index is 11.9. The molecule has 2 rings (SSSR count). The lowest BCUT2D eigenvalue weighted by Gasteiger charge is -2.18. The van der Waals surface area contributed by atoms with Crippen LogP contribution in [0.1, 0.15) is 26.3 Å². The summed E-state index contributed by atoms with van der Waals surface area (Å²) in [5.41, 5.74) is 3.06. The highest BCUT2D eigenvalue weighted by Gasteiger charge is 2.19. The third-order valence-electron chi connectivity index (χ3n) is 2.75. The summed E-state index contributed by atoms with van der Waals surface area (Å²) in [7, 11) is 0. The van der Waals surface area contributed by atoms with Gasteiger partial charge in [0.2, 0.25) is 12.9 Å². The second kappa shape index (κ2) is 7.04. The monoisotopic (exact) mass is 317 g/mol. The molecule has 0 radical (unpaired) electrons. The Morgan fingerprint density at radius 2 is 1.96 bits per heavy atom. The van der Waals surface area contributed by atoms with Crippen LogP contribution in [-0.4, -0.2) is 27.3 Å². The predicted octanol–water partition coefficient (Wildman–Crippen LogP) is 0.825. The Morgan fingerprint density at radius 1 is 1.26 bits per heavy atom. The highest BCUT2D eigenvalue weighted by atomic mass is 16.6. The zero-order valence-corrected chi connectivity index (χ0v) is 13.5. The number of nitrogens with zero attached hydrogens (tertiary/aromatic N) is 3. The highest BCUT2D eigenvalue weighted by molar-refractivity contribution is 5.84. The summed E-state index contributed by atoms with van der Waals surface area (Å²) in [6, 6.07) is 9.44. The summed E-state index contributed by atoms with van der Waals surface area (Å²) in [4.78, 5) is 23.7. The lowest BCUT2D eigenvalue weighted by Crippen LogP contribution is -2.47. The van der Waals surface area contributed by atoms with Gasteiger partial charge in [-0.25, -0.2) is 10.2 Å². The second-order valence-corrected chi connectivity index (χ2v) is 6.14. The Bertz CT molecular complexity index is 674. The van der Waals surface area contributed by atoms with E-state index < -0.39 is 5.60 Å². The first-order valence-electron chi connectivity index (χ1n) is 7.31. The number of carbonyl (C=O) groups is 2. The number of esters is 1. The fourth-order valence-electron chi connectivity index (χ4n) is 1.94. The van der Waals surface area contributed by atoms with Crippen molar-refractivity contribution in [2.75, 3.05) is 5.43 Å². The molecule has 0 spiro atoms. The van der Waals surface area contributed by atoms with E-state index in [1.54, 1.807) is 20.8 Å². The molecule has 1 amide bonds. The largest absolute Gasteiger partial charge is 0.458 e. The second-order valence-electron chi connectivity index (χ2n) is 6.14. The van der Waals surface area contributed by atoms with Crippen molar-refractivity contribution >= 4 is 11.9 Å². The quantitative estimate of drug-likeness (QED) is 0.654. The number of ether oxygens (including phenoxy) is 1. The first-order valence-corrected chi connectivity index (χ1v) is 7.31. The Kier molecular flexibility index (Phi) is 5.10. The molecule has 0 aliphatic rings. The van der Waals surface area contributed by atoms with Crippen molar-refractivity contribution in [2.24, 2.45) is 0 Å². The molecule has 0 aliphatic heterocycles. The van der Waals surface area contributed by atoms with Gasteiger partial charge in [-0.1, -0.05) is 30.3 Å². The van der Waals surface area contributed by atoms with Crippen LogP contribution < -0.4 is 10.1 Å². The first kappa shape index (κ1) is 16.7. The number of carbonyl (C=O) groups excluding carboxylic acids is 2. The average molecular weight is 317 g/mol. The fourth-order valence-corrected chi connectivity index (χ4v) is 1.94. The predicted molar refractivity (Wildman–Crippen MR) is 82.8 cm³/mol. The van der Waals surface area contributed by atoms with Crippen molar-refractivity contribution in [3.8, 4) is 0 Å². The molecule has 1 N–H and O–H groups in total. The van der Waals surface area contributed by atoms with Gasteiger partial charge in [0.25, 0.3) is 12.2 Å². The molecule has 0 atom stereocenters. The van der Waals surface area contributed by atoms with Gasteiger partial charge in [0.1, 0.15) is 5.60 Å². The Labute approximate surface area is 134 Å². The van der Waals surface area contributed by atoms with Crippen LogP contribution in [0.3, 0.4) is 0 Å². The van der Waals surface area contributed by atoms with Gasteiger partial charge in [0.05, 0.1) is 6.42 Å². The van der Waals surface area contributed by atoms with E-state index in [1.807, 2.05) is 30.3 Å². The average Bonchev–Trinajstić information content (AvgIpc) is 2.84. The summed E-state index contributed by atoms with van der Waals surface area (Å²) in [5.74, 6) is -0.554. The van der Waals surface area contributed by atoms with Crippen LogP contribution in [0.2, 0.25) is 0 Å². The molecule has 1 aromatic carbocycles. The zero-order valence-electron chi connectivity index (χ0n) is 13.5. The first-order chi connectivity index (χ1) is 10.8. The summed E-state index contributed by atoms with van der Waals surface area (Å²) in [5, 5.41) is 4.01. The standard InChI is InChI=1S/C16H20N4O3/c1-16(2,3)23-15(22)10-19-12-20(11-17-19)18-14(21)9-13-7-5-4-6-8-13/h4-8,11-12H,9-10H2,1-3H3/p+1. The van der Waals surface area contributed by atoms with Gasteiger partial charge in [-0.3, -0.25) is 4.79 Å². The molecule has 2 aromatic rings. The maximum absolute atomic E-state index is 11.9. The minimum absolute atomic E-state index is 0.0151. The van der Waals surface area contributed by atoms with Crippen LogP contribution in [0.15, 0.2) is 43.0 Å². The third-order valence-corrected chi connectivity index (χ3v) is 2.75. The number of rotatable bonds is 5. The summed E-state index contributed by atoms with van der Waals surface area (Å²) >= 11 is 0. The van der Waals surface area contributed by atoms with Crippen LogP contribution in [0.25, 0.3) is 0 Å². The molecule has 0 aliphatic carbocycles. The number of hydrogen-bond acceptors (Lipinski definition) is 4. The number of aromatic nitrogens is 3. The summed E-state index contributed by atoms with van der Waals surface area (Å²) in [6.45, 7) is 5.40. The van der Waals surface area contributed by atoms with E-state index in [1.165, 1.54) is 22.0 Å². The van der Waals surface area contributed by atoms with Crippen molar-refractivity contribution in [3.05, 3.63) is 48.5 Å². The molecule has 7 heteroatoms. The molecule has 23 heavy (non-hydrogen) atoms. The Balaban J connectivity index is 1.87. The SMILES string of the molecule is CC(C)(C)OC(=O)Cn1c[n+](NC(=O)Cc2ccccc2)cn1. The molecule has 0 saturated carbocycles. The third kappa shape index (κ3) is 5.90. The van der Waals surface area contributed by atoms with E-state index in [-0.39, 0.29) is 24.8 Å². The van der Waals surface area contributed by atoms with Crippen molar-refractivity contribution in [2.45, 2.75) is 39.3 Å². The van der Waals surface area contributed by atoms with Crippen molar-refractivity contribution < 1.29 is 19.0 Å². The van der Waals surface area contributed by atoms with Gasteiger partial charge in [-0.15, -0.1) is 9.36 Å². The molecule has 1 heterocycles. The lowest BCUT2D eigenvalue weighted by molar-refractivity contribution is -0.643. The van der Waals surface area contributed by atoms with Gasteiger partial charge in [-0.2, -0.15) is 0 Å². The number of nitrogens with one attached hydrogen (secondary N) is 1. The van der Waals surface area contributed by atoms with Crippen LogP contribution in [0.4, 0.5) is 0 Å². The molecular weight excluding hydrogens is 296 g/mol. The molecule has 0 unspecified atom stereocenters. The molecule has 1 aromatic heterocycles. The normalized spacial score (nSPS) is 11.1. The molecule has 0 saturated heterocycles. The molecule has 0 fully saturated rings. The van der Waals surface area contributed by atoms with Crippen LogP contribution in [-0.2, 0) is 27.3 Å². The van der Waals surface area contributed by atoms with Gasteiger partial charge < -0.3 is 4.74 Å². The minimum atomic E-state index is -0.538. The van der Waals surface area contributed by atoms with E-state index in [2.05, 4.69) is 10.5 Å². The number of amides is 1. The molecule has 7 nitrogen and oxygen atoms in total. The van der Waals surface area contributed by atoms with Gasteiger partial charge in [0.15, 0.2) is 0 Å². The van der Waals surface area contributed by atoms with Crippen molar-refractivity contribution in [1.29, 1.82) is 0 Å². The number of hydrogen-bond donors (Lipinski definition) is 1.